The van der Waals surface area contributed by atoms with Crippen molar-refractivity contribution in [2.45, 2.75) is 109 Å². The van der Waals surface area contributed by atoms with Gasteiger partial charge in [0.15, 0.2) is 5.11 Å². The van der Waals surface area contributed by atoms with Crippen molar-refractivity contribution >= 4 is 23.0 Å². The van der Waals surface area contributed by atoms with Crippen LogP contribution < -0.4 is 10.6 Å². The third-order valence-corrected chi connectivity index (χ3v) is 6.00. The lowest BCUT2D eigenvalue weighted by Crippen LogP contribution is -2.51. The SMILES string of the molecule is CCCCCCCCCCCCCC[C@@H](O)[C@@H](O)[C@H](CO)NC(=S)Nc1ccc(F)cc1. The highest BCUT2D eigenvalue weighted by Gasteiger charge is 2.26. The minimum absolute atomic E-state index is 0.187. The van der Waals surface area contributed by atoms with Gasteiger partial charge in [-0.25, -0.2) is 4.39 Å². The van der Waals surface area contributed by atoms with E-state index in [-0.39, 0.29) is 17.5 Å². The predicted octanol–water partition coefficient (Wildman–Crippen LogP) is 5.29. The number of unbranched alkanes of at least 4 members (excludes halogenated alkanes) is 11. The van der Waals surface area contributed by atoms with Gasteiger partial charge in [-0.2, -0.15) is 0 Å². The molecule has 3 atom stereocenters. The van der Waals surface area contributed by atoms with Crippen LogP contribution in [0.3, 0.4) is 0 Å². The molecule has 0 heterocycles. The van der Waals surface area contributed by atoms with Crippen LogP contribution in [0.5, 0.6) is 0 Å². The van der Waals surface area contributed by atoms with E-state index >= 15 is 0 Å². The van der Waals surface area contributed by atoms with Crippen LogP contribution in [0.15, 0.2) is 24.3 Å². The van der Waals surface area contributed by atoms with Crippen LogP contribution in [0, 0.1) is 5.82 Å². The van der Waals surface area contributed by atoms with Gasteiger partial charge in [0.05, 0.1) is 18.8 Å². The fraction of sp³-hybridized carbons (Fsp3) is 0.720. The van der Waals surface area contributed by atoms with Gasteiger partial charge in [0, 0.05) is 5.69 Å². The minimum atomic E-state index is -1.14. The summed E-state index contributed by atoms with van der Waals surface area (Å²) in [5.41, 5.74) is 0.590. The van der Waals surface area contributed by atoms with Crippen molar-refractivity contribution in [3.63, 3.8) is 0 Å². The van der Waals surface area contributed by atoms with Crippen molar-refractivity contribution in [3.8, 4) is 0 Å². The molecule has 1 rings (SSSR count). The van der Waals surface area contributed by atoms with Crippen LogP contribution in [0.2, 0.25) is 0 Å². The van der Waals surface area contributed by atoms with Gasteiger partial charge in [-0.3, -0.25) is 0 Å². The number of benzene rings is 1. The Bertz CT molecular complexity index is 603. The van der Waals surface area contributed by atoms with Crippen LogP contribution in [0.1, 0.15) is 90.4 Å². The first-order valence-corrected chi connectivity index (χ1v) is 12.7. The largest absolute Gasteiger partial charge is 0.394 e. The number of hydrogen-bond donors (Lipinski definition) is 5. The number of rotatable bonds is 18. The Hall–Kier alpha value is -1.28. The van der Waals surface area contributed by atoms with E-state index in [0.717, 1.165) is 19.3 Å². The molecule has 32 heavy (non-hydrogen) atoms. The Morgan fingerprint density at radius 3 is 1.88 bits per heavy atom. The van der Waals surface area contributed by atoms with E-state index in [1.165, 1.54) is 82.1 Å². The van der Waals surface area contributed by atoms with E-state index in [1.807, 2.05) is 0 Å². The molecule has 184 valence electrons. The maximum absolute atomic E-state index is 13.0. The van der Waals surface area contributed by atoms with Gasteiger partial charge < -0.3 is 26.0 Å². The standard InChI is InChI=1S/C25H43FN2O3S/c1-2-3-4-5-6-7-8-9-10-11-12-13-14-23(30)24(31)22(19-29)28-25(32)27-21-17-15-20(26)16-18-21/h15-18,22-24,29-31H,2-14,19H2,1H3,(H2,27,28,32)/t22-,23+,24-/m0/s1. The highest BCUT2D eigenvalue weighted by atomic mass is 32.1. The van der Waals surface area contributed by atoms with Gasteiger partial charge >= 0.3 is 0 Å². The van der Waals surface area contributed by atoms with Gasteiger partial charge in [-0.05, 0) is 42.9 Å². The molecule has 0 spiro atoms. The third-order valence-electron chi connectivity index (χ3n) is 5.78. The van der Waals surface area contributed by atoms with Crippen LogP contribution >= 0.6 is 12.2 Å². The minimum Gasteiger partial charge on any atom is -0.394 e. The lowest BCUT2D eigenvalue weighted by Gasteiger charge is -2.27. The predicted molar refractivity (Wildman–Crippen MR) is 134 cm³/mol. The van der Waals surface area contributed by atoms with Gasteiger partial charge in [0.2, 0.25) is 0 Å². The maximum atomic E-state index is 13.0. The molecule has 0 saturated carbocycles. The van der Waals surface area contributed by atoms with E-state index in [4.69, 9.17) is 12.2 Å². The quantitative estimate of drug-likeness (QED) is 0.148. The van der Waals surface area contributed by atoms with E-state index in [9.17, 15) is 19.7 Å². The van der Waals surface area contributed by atoms with Crippen LogP contribution in [0.4, 0.5) is 10.1 Å². The van der Waals surface area contributed by atoms with Crippen LogP contribution in [0.25, 0.3) is 0 Å². The summed E-state index contributed by atoms with van der Waals surface area (Å²) < 4.78 is 13.0. The normalized spacial score (nSPS) is 14.0. The molecule has 0 aromatic heterocycles. The summed E-state index contributed by atoms with van der Waals surface area (Å²) in [6, 6.07) is 4.90. The lowest BCUT2D eigenvalue weighted by molar-refractivity contribution is -0.0166. The molecule has 1 aromatic rings. The number of thiocarbonyl (C=S) groups is 1. The molecule has 0 aliphatic heterocycles. The molecule has 0 radical (unpaired) electrons. The molecule has 0 fully saturated rings. The van der Waals surface area contributed by atoms with Crippen molar-refractivity contribution < 1.29 is 19.7 Å². The highest BCUT2D eigenvalue weighted by Crippen LogP contribution is 2.15. The topological polar surface area (TPSA) is 84.8 Å². The molecular formula is C25H43FN2O3S. The zero-order valence-corrected chi connectivity index (χ0v) is 20.4. The molecule has 5 N–H and O–H groups in total. The zero-order chi connectivity index (χ0) is 23.6. The summed E-state index contributed by atoms with van der Waals surface area (Å²) in [5.74, 6) is -0.348. The van der Waals surface area contributed by atoms with E-state index in [2.05, 4.69) is 17.6 Å². The molecule has 0 aliphatic carbocycles. The molecule has 1 aromatic carbocycles. The van der Waals surface area contributed by atoms with E-state index < -0.39 is 18.2 Å². The summed E-state index contributed by atoms with van der Waals surface area (Å²) >= 11 is 5.19. The van der Waals surface area contributed by atoms with Crippen molar-refractivity contribution in [2.75, 3.05) is 11.9 Å². The molecule has 0 unspecified atom stereocenters. The smallest absolute Gasteiger partial charge is 0.171 e. The number of anilines is 1. The maximum Gasteiger partial charge on any atom is 0.171 e. The van der Waals surface area contributed by atoms with Crippen LogP contribution in [-0.4, -0.2) is 45.3 Å². The number of aliphatic hydroxyl groups excluding tert-OH is 3. The summed E-state index contributed by atoms with van der Waals surface area (Å²) in [7, 11) is 0. The monoisotopic (exact) mass is 470 g/mol. The average Bonchev–Trinajstić information content (AvgIpc) is 2.79. The summed E-state index contributed by atoms with van der Waals surface area (Å²) in [6.45, 7) is 1.87. The second-order valence-corrected chi connectivity index (χ2v) is 9.04. The third kappa shape index (κ3) is 13.3. The second-order valence-electron chi connectivity index (χ2n) is 8.63. The number of halogens is 1. The number of hydrogen-bond acceptors (Lipinski definition) is 4. The van der Waals surface area contributed by atoms with Crippen LogP contribution in [-0.2, 0) is 0 Å². The Kier molecular flexibility index (Phi) is 16.3. The van der Waals surface area contributed by atoms with Crippen molar-refractivity contribution in [2.24, 2.45) is 0 Å². The Labute approximate surface area is 198 Å². The highest BCUT2D eigenvalue weighted by molar-refractivity contribution is 7.80. The van der Waals surface area contributed by atoms with E-state index in [0.29, 0.717) is 12.1 Å². The van der Waals surface area contributed by atoms with Gasteiger partial charge in [0.1, 0.15) is 11.9 Å². The Morgan fingerprint density at radius 1 is 0.875 bits per heavy atom. The summed E-state index contributed by atoms with van der Waals surface area (Å²) in [6.07, 6.45) is 13.3. The summed E-state index contributed by atoms with van der Waals surface area (Å²) in [4.78, 5) is 0. The lowest BCUT2D eigenvalue weighted by atomic mass is 9.99. The first-order chi connectivity index (χ1) is 15.5. The number of aliphatic hydroxyl groups is 3. The first-order valence-electron chi connectivity index (χ1n) is 12.3. The molecule has 5 nitrogen and oxygen atoms in total. The molecular weight excluding hydrogens is 427 g/mol. The molecule has 7 heteroatoms. The van der Waals surface area contributed by atoms with E-state index in [1.54, 1.807) is 0 Å². The zero-order valence-electron chi connectivity index (χ0n) is 19.6. The van der Waals surface area contributed by atoms with Gasteiger partial charge in [0.25, 0.3) is 0 Å². The molecule has 0 aliphatic rings. The fourth-order valence-corrected chi connectivity index (χ4v) is 4.01. The first kappa shape index (κ1) is 28.8. The molecule has 0 saturated heterocycles. The fourth-order valence-electron chi connectivity index (χ4n) is 3.74. The number of nitrogens with one attached hydrogen (secondary N) is 2. The van der Waals surface area contributed by atoms with Gasteiger partial charge in [-0.15, -0.1) is 0 Å². The second kappa shape index (κ2) is 18.2. The summed E-state index contributed by atoms with van der Waals surface area (Å²) in [5, 5.41) is 36.2. The Morgan fingerprint density at radius 2 is 1.38 bits per heavy atom. The molecule has 0 bridgehead atoms. The average molecular weight is 471 g/mol. The van der Waals surface area contributed by atoms with Crippen molar-refractivity contribution in [3.05, 3.63) is 30.1 Å². The van der Waals surface area contributed by atoms with Crippen molar-refractivity contribution in [1.82, 2.24) is 5.32 Å². The molecule has 0 amide bonds. The van der Waals surface area contributed by atoms with Crippen molar-refractivity contribution in [1.29, 1.82) is 0 Å². The van der Waals surface area contributed by atoms with Gasteiger partial charge in [-0.1, -0.05) is 84.0 Å². The Balaban J connectivity index is 2.14.